The molecule has 1 heterocycles. The van der Waals surface area contributed by atoms with Gasteiger partial charge in [-0.3, -0.25) is 0 Å². The van der Waals surface area contributed by atoms with Crippen LogP contribution in [0.2, 0.25) is 0 Å². The standard InChI is InChI=1S/C8H6N2OS/c9-4-6-2-1-3-7-5-10-11-12-8(6)7/h1-5,9H. The van der Waals surface area contributed by atoms with E-state index in [2.05, 4.69) is 5.16 Å². The van der Waals surface area contributed by atoms with E-state index in [0.717, 1.165) is 16.0 Å². The lowest BCUT2D eigenvalue weighted by Crippen LogP contribution is -1.96. The Morgan fingerprint density at radius 1 is 1.50 bits per heavy atom. The molecule has 0 spiro atoms. The molecule has 1 aromatic carbocycles. The Kier molecular flexibility index (Phi) is 1.83. The largest absolute Gasteiger partial charge is 0.317 e. The van der Waals surface area contributed by atoms with E-state index in [1.54, 1.807) is 6.21 Å². The van der Waals surface area contributed by atoms with Crippen LogP contribution in [-0.2, 0) is 4.28 Å². The number of fused-ring (bicyclic) bond motifs is 1. The Hall–Kier alpha value is -1.29. The molecule has 60 valence electrons. The van der Waals surface area contributed by atoms with Crippen molar-refractivity contribution in [2.45, 2.75) is 4.90 Å². The third kappa shape index (κ3) is 1.10. The Morgan fingerprint density at radius 3 is 3.25 bits per heavy atom. The fraction of sp³-hybridized carbons (Fsp3) is 0. The van der Waals surface area contributed by atoms with E-state index in [9.17, 15) is 0 Å². The summed E-state index contributed by atoms with van der Waals surface area (Å²) in [5, 5.41) is 10.8. The number of hydrogen-bond donors (Lipinski definition) is 1. The van der Waals surface area contributed by atoms with Gasteiger partial charge in [-0.15, -0.1) is 0 Å². The maximum absolute atomic E-state index is 7.15. The zero-order valence-electron chi connectivity index (χ0n) is 6.15. The molecule has 2 rings (SSSR count). The summed E-state index contributed by atoms with van der Waals surface area (Å²) in [7, 11) is 0. The van der Waals surface area contributed by atoms with Crippen LogP contribution >= 0.6 is 12.0 Å². The van der Waals surface area contributed by atoms with Gasteiger partial charge in [0.1, 0.15) is 12.0 Å². The maximum atomic E-state index is 7.15. The minimum absolute atomic E-state index is 0.864. The van der Waals surface area contributed by atoms with E-state index in [4.69, 9.17) is 9.69 Å². The molecule has 0 unspecified atom stereocenters. The lowest BCUT2D eigenvalue weighted by atomic mass is 10.1. The molecule has 0 aliphatic carbocycles. The first kappa shape index (κ1) is 7.36. The van der Waals surface area contributed by atoms with Crippen LogP contribution in [0.25, 0.3) is 0 Å². The van der Waals surface area contributed by atoms with Crippen LogP contribution in [0.1, 0.15) is 11.1 Å². The van der Waals surface area contributed by atoms with Crippen molar-refractivity contribution in [2.24, 2.45) is 5.16 Å². The van der Waals surface area contributed by atoms with E-state index >= 15 is 0 Å². The molecule has 0 fully saturated rings. The predicted molar refractivity (Wildman–Crippen MR) is 48.9 cm³/mol. The summed E-state index contributed by atoms with van der Waals surface area (Å²) in [4.78, 5) is 0.961. The molecule has 1 aliphatic heterocycles. The molecule has 1 aromatic rings. The first-order valence-electron chi connectivity index (χ1n) is 3.42. The van der Waals surface area contributed by atoms with E-state index < -0.39 is 0 Å². The number of nitrogens with one attached hydrogen (secondary N) is 1. The van der Waals surface area contributed by atoms with E-state index in [0.29, 0.717) is 0 Å². The van der Waals surface area contributed by atoms with E-state index in [1.807, 2.05) is 18.2 Å². The van der Waals surface area contributed by atoms with Gasteiger partial charge >= 0.3 is 0 Å². The van der Waals surface area contributed by atoms with Crippen molar-refractivity contribution in [2.75, 3.05) is 0 Å². The van der Waals surface area contributed by atoms with Crippen molar-refractivity contribution in [1.82, 2.24) is 0 Å². The van der Waals surface area contributed by atoms with Crippen molar-refractivity contribution >= 4 is 24.5 Å². The molecule has 1 N–H and O–H groups in total. The Balaban J connectivity index is 2.60. The Bertz CT molecular complexity index is 349. The van der Waals surface area contributed by atoms with Gasteiger partial charge in [-0.25, -0.2) is 0 Å². The van der Waals surface area contributed by atoms with Gasteiger partial charge in [0.25, 0.3) is 0 Å². The van der Waals surface area contributed by atoms with Crippen LogP contribution in [0.15, 0.2) is 28.3 Å². The van der Waals surface area contributed by atoms with Crippen molar-refractivity contribution in [1.29, 1.82) is 5.41 Å². The second-order valence-corrected chi connectivity index (χ2v) is 3.03. The second-order valence-electron chi connectivity index (χ2n) is 2.30. The van der Waals surface area contributed by atoms with Gasteiger partial charge in [-0.1, -0.05) is 23.4 Å². The van der Waals surface area contributed by atoms with Crippen LogP contribution < -0.4 is 0 Å². The van der Waals surface area contributed by atoms with Gasteiger partial charge in [0, 0.05) is 17.3 Å². The van der Waals surface area contributed by atoms with Gasteiger partial charge in [-0.05, 0) is 0 Å². The molecule has 0 atom stereocenters. The molecule has 0 saturated heterocycles. The molecule has 4 heteroatoms. The first-order chi connectivity index (χ1) is 5.92. The SMILES string of the molecule is N=Cc1cccc2c1SON=C2. The molecular formula is C8H6N2OS. The van der Waals surface area contributed by atoms with Crippen LogP contribution in [0.3, 0.4) is 0 Å². The van der Waals surface area contributed by atoms with Crippen molar-refractivity contribution in [3.8, 4) is 0 Å². The van der Waals surface area contributed by atoms with Gasteiger partial charge < -0.3 is 9.69 Å². The third-order valence-electron chi connectivity index (χ3n) is 1.59. The minimum Gasteiger partial charge on any atom is -0.317 e. The number of nitrogens with zero attached hydrogens (tertiary/aromatic N) is 1. The number of benzene rings is 1. The summed E-state index contributed by atoms with van der Waals surface area (Å²) in [6, 6.07) is 5.72. The number of rotatable bonds is 1. The molecule has 0 radical (unpaired) electrons. The maximum Gasteiger partial charge on any atom is 0.126 e. The van der Waals surface area contributed by atoms with Crippen molar-refractivity contribution in [3.63, 3.8) is 0 Å². The molecule has 12 heavy (non-hydrogen) atoms. The summed E-state index contributed by atoms with van der Waals surface area (Å²) < 4.78 is 4.82. The lowest BCUT2D eigenvalue weighted by molar-refractivity contribution is 0.405. The fourth-order valence-corrected chi connectivity index (χ4v) is 1.62. The van der Waals surface area contributed by atoms with Crippen molar-refractivity contribution in [3.05, 3.63) is 29.3 Å². The molecule has 0 saturated carbocycles. The minimum atomic E-state index is 0.864. The predicted octanol–water partition coefficient (Wildman–Crippen LogP) is 2.06. The highest BCUT2D eigenvalue weighted by Gasteiger charge is 2.10. The second kappa shape index (κ2) is 2.98. The summed E-state index contributed by atoms with van der Waals surface area (Å²) in [5.74, 6) is 0. The zero-order chi connectivity index (χ0) is 8.39. The van der Waals surface area contributed by atoms with E-state index in [-0.39, 0.29) is 0 Å². The number of hydrogen-bond acceptors (Lipinski definition) is 4. The van der Waals surface area contributed by atoms with E-state index in [1.165, 1.54) is 18.3 Å². The Morgan fingerprint density at radius 2 is 2.42 bits per heavy atom. The number of oxime groups is 1. The molecule has 0 bridgehead atoms. The summed E-state index contributed by atoms with van der Waals surface area (Å²) in [6.07, 6.45) is 2.97. The molecule has 3 nitrogen and oxygen atoms in total. The highest BCUT2D eigenvalue weighted by molar-refractivity contribution is 7.94. The van der Waals surface area contributed by atoms with Gasteiger partial charge in [0.05, 0.1) is 11.1 Å². The first-order valence-corrected chi connectivity index (χ1v) is 4.16. The fourth-order valence-electron chi connectivity index (χ4n) is 1.02. The van der Waals surface area contributed by atoms with Crippen LogP contribution in [0.4, 0.5) is 0 Å². The summed E-state index contributed by atoms with van der Waals surface area (Å²) in [5.41, 5.74) is 1.87. The topological polar surface area (TPSA) is 45.4 Å². The van der Waals surface area contributed by atoms with Crippen LogP contribution in [0, 0.1) is 5.41 Å². The Labute approximate surface area is 74.1 Å². The lowest BCUT2D eigenvalue weighted by Gasteiger charge is -2.09. The molecule has 0 aromatic heterocycles. The highest BCUT2D eigenvalue weighted by atomic mass is 32.2. The highest BCUT2D eigenvalue weighted by Crippen LogP contribution is 2.28. The quantitative estimate of drug-likeness (QED) is 0.528. The average molecular weight is 178 g/mol. The molecular weight excluding hydrogens is 172 g/mol. The molecule has 0 amide bonds. The monoisotopic (exact) mass is 178 g/mol. The summed E-state index contributed by atoms with van der Waals surface area (Å²) >= 11 is 1.19. The zero-order valence-corrected chi connectivity index (χ0v) is 6.97. The van der Waals surface area contributed by atoms with Gasteiger partial charge in [0.2, 0.25) is 0 Å². The molecule has 1 aliphatic rings. The average Bonchev–Trinajstić information content (AvgIpc) is 2.17. The van der Waals surface area contributed by atoms with Crippen molar-refractivity contribution < 1.29 is 4.28 Å². The summed E-state index contributed by atoms with van der Waals surface area (Å²) in [6.45, 7) is 0. The van der Waals surface area contributed by atoms with Gasteiger partial charge in [-0.2, -0.15) is 0 Å². The van der Waals surface area contributed by atoms with Crippen LogP contribution in [-0.4, -0.2) is 12.4 Å². The van der Waals surface area contributed by atoms with Crippen LogP contribution in [0.5, 0.6) is 0 Å². The smallest absolute Gasteiger partial charge is 0.126 e. The normalized spacial score (nSPS) is 13.3. The van der Waals surface area contributed by atoms with Gasteiger partial charge in [0.15, 0.2) is 0 Å². The third-order valence-corrected chi connectivity index (χ3v) is 2.39.